The second-order valence-electron chi connectivity index (χ2n) is 15.0. The Balaban J connectivity index is 1.02. The summed E-state index contributed by atoms with van der Waals surface area (Å²) in [5.74, 6) is 3.72. The lowest BCUT2D eigenvalue weighted by Gasteiger charge is -2.09. The molecule has 7 nitrogen and oxygen atoms in total. The molecule has 62 heavy (non-hydrogen) atoms. The van der Waals surface area contributed by atoms with Gasteiger partial charge in [0.1, 0.15) is 11.2 Å². The summed E-state index contributed by atoms with van der Waals surface area (Å²) in [5.41, 5.74) is 9.33. The van der Waals surface area contributed by atoms with Crippen molar-refractivity contribution in [2.45, 2.75) is 0 Å². The maximum Gasteiger partial charge on any atom is 0.165 e. The van der Waals surface area contributed by atoms with Gasteiger partial charge in [0.05, 0.1) is 0 Å². The molecule has 0 bridgehead atoms. The van der Waals surface area contributed by atoms with Crippen molar-refractivity contribution in [2.24, 2.45) is 0 Å². The molecule has 290 valence electrons. The third kappa shape index (κ3) is 6.20. The third-order valence-corrected chi connectivity index (χ3v) is 12.5. The van der Waals surface area contributed by atoms with E-state index in [4.69, 9.17) is 34.3 Å². The van der Waals surface area contributed by atoms with Gasteiger partial charge in [-0.2, -0.15) is 0 Å². The van der Waals surface area contributed by atoms with Crippen molar-refractivity contribution in [3.05, 3.63) is 194 Å². The second-order valence-corrected chi connectivity index (χ2v) is 16.1. The lowest BCUT2D eigenvalue weighted by molar-refractivity contribution is 0.669. The van der Waals surface area contributed by atoms with Crippen LogP contribution in [0.15, 0.2) is 199 Å². The molecule has 8 heteroatoms. The average Bonchev–Trinajstić information content (AvgIpc) is 3.93. The van der Waals surface area contributed by atoms with Crippen LogP contribution in [-0.2, 0) is 0 Å². The van der Waals surface area contributed by atoms with Crippen LogP contribution in [0, 0.1) is 0 Å². The second kappa shape index (κ2) is 14.8. The van der Waals surface area contributed by atoms with Gasteiger partial charge in [0.2, 0.25) is 0 Å². The fourth-order valence-corrected chi connectivity index (χ4v) is 9.61. The zero-order valence-corrected chi connectivity index (χ0v) is 33.8. The third-order valence-electron chi connectivity index (χ3n) is 11.2. The van der Waals surface area contributed by atoms with E-state index < -0.39 is 0 Å². The van der Waals surface area contributed by atoms with Crippen LogP contribution in [0.2, 0.25) is 0 Å². The van der Waals surface area contributed by atoms with Crippen LogP contribution in [-0.4, -0.2) is 29.9 Å². The van der Waals surface area contributed by atoms with Crippen LogP contribution in [0.3, 0.4) is 0 Å². The molecule has 0 aliphatic carbocycles. The summed E-state index contributed by atoms with van der Waals surface area (Å²) in [7, 11) is 0. The van der Waals surface area contributed by atoms with Gasteiger partial charge in [-0.15, -0.1) is 11.3 Å². The summed E-state index contributed by atoms with van der Waals surface area (Å²) < 4.78 is 8.83. The molecule has 0 aliphatic rings. The molecule has 0 spiro atoms. The van der Waals surface area contributed by atoms with E-state index in [1.807, 2.05) is 133 Å². The van der Waals surface area contributed by atoms with Gasteiger partial charge in [-0.25, -0.2) is 29.9 Å². The van der Waals surface area contributed by atoms with Crippen molar-refractivity contribution in [3.63, 3.8) is 0 Å². The molecule has 4 aromatic heterocycles. The highest BCUT2D eigenvalue weighted by molar-refractivity contribution is 7.26. The molecule has 0 aliphatic heterocycles. The maximum atomic E-state index is 6.53. The predicted molar refractivity (Wildman–Crippen MR) is 251 cm³/mol. The van der Waals surface area contributed by atoms with Crippen molar-refractivity contribution in [1.29, 1.82) is 0 Å². The van der Waals surface area contributed by atoms with Gasteiger partial charge in [0.25, 0.3) is 0 Å². The summed E-state index contributed by atoms with van der Waals surface area (Å²) in [6, 6.07) is 65.8. The van der Waals surface area contributed by atoms with E-state index in [-0.39, 0.29) is 0 Å². The number of rotatable bonds is 7. The minimum absolute atomic E-state index is 0.583. The molecule has 0 saturated carbocycles. The molecule has 12 rings (SSSR count). The molecular weight excluding hydrogens is 781 g/mol. The first kappa shape index (κ1) is 35.7. The van der Waals surface area contributed by atoms with Gasteiger partial charge >= 0.3 is 0 Å². The Kier molecular flexibility index (Phi) is 8.53. The van der Waals surface area contributed by atoms with Crippen molar-refractivity contribution < 1.29 is 4.42 Å². The Morgan fingerprint density at radius 1 is 0.290 bits per heavy atom. The molecule has 0 fully saturated rings. The molecule has 0 unspecified atom stereocenters. The summed E-state index contributed by atoms with van der Waals surface area (Å²) in [4.78, 5) is 30.2. The number of fused-ring (bicyclic) bond motifs is 6. The summed E-state index contributed by atoms with van der Waals surface area (Å²) in [5, 5.41) is 4.28. The van der Waals surface area contributed by atoms with Gasteiger partial charge in [0.15, 0.2) is 34.9 Å². The Morgan fingerprint density at radius 3 is 1.23 bits per heavy atom. The highest BCUT2D eigenvalue weighted by Gasteiger charge is 2.21. The number of hydrogen-bond acceptors (Lipinski definition) is 8. The van der Waals surface area contributed by atoms with Crippen LogP contribution in [0.5, 0.6) is 0 Å². The zero-order chi connectivity index (χ0) is 41.0. The molecule has 0 radical (unpaired) electrons. The van der Waals surface area contributed by atoms with E-state index in [0.717, 1.165) is 76.5 Å². The molecule has 12 aromatic rings. The minimum atomic E-state index is 0.583. The maximum absolute atomic E-state index is 6.53. The Hall–Kier alpha value is -8.20. The fourth-order valence-electron chi connectivity index (χ4n) is 8.26. The fraction of sp³-hybridized carbons (Fsp3) is 0. The number of hydrogen-bond donors (Lipinski definition) is 0. The zero-order valence-electron chi connectivity index (χ0n) is 33.0. The van der Waals surface area contributed by atoms with Crippen LogP contribution in [0.4, 0.5) is 0 Å². The largest absolute Gasteiger partial charge is 0.456 e. The Labute approximate surface area is 359 Å². The van der Waals surface area contributed by atoms with Crippen LogP contribution >= 0.6 is 11.3 Å². The highest BCUT2D eigenvalue weighted by Crippen LogP contribution is 2.45. The molecule has 0 amide bonds. The number of benzene rings is 8. The van der Waals surface area contributed by atoms with Crippen LogP contribution in [0.1, 0.15) is 0 Å². The predicted octanol–water partition coefficient (Wildman–Crippen LogP) is 14.0. The van der Waals surface area contributed by atoms with Gasteiger partial charge in [0, 0.05) is 64.3 Å². The standard InChI is InChI=1S/C54H32N6OS/c1-5-16-33(17-6-1)49-55-50(34-18-7-2-8-19-34)58-53(57-49)41-27-15-29-45-46(41)43-32-37(30-31-44(43)61-45)38-24-13-25-39-40-26-14-28-42(48(40)62-47(38)39)54-59-51(35-20-9-3-10-21-35)56-52(60-54)36-22-11-4-12-23-36/h1-32H. The van der Waals surface area contributed by atoms with E-state index in [1.165, 1.54) is 10.1 Å². The van der Waals surface area contributed by atoms with Crippen LogP contribution in [0.25, 0.3) is 122 Å². The summed E-state index contributed by atoms with van der Waals surface area (Å²) >= 11 is 1.77. The number of nitrogens with zero attached hydrogens (tertiary/aromatic N) is 6. The monoisotopic (exact) mass is 812 g/mol. The van der Waals surface area contributed by atoms with Gasteiger partial charge in [-0.3, -0.25) is 0 Å². The number of furan rings is 1. The van der Waals surface area contributed by atoms with E-state index in [1.54, 1.807) is 11.3 Å². The topological polar surface area (TPSA) is 90.5 Å². The Morgan fingerprint density at radius 2 is 0.710 bits per heavy atom. The summed E-state index contributed by atoms with van der Waals surface area (Å²) in [6.45, 7) is 0. The minimum Gasteiger partial charge on any atom is -0.456 e. The van der Waals surface area contributed by atoms with Crippen LogP contribution < -0.4 is 0 Å². The Bertz CT molecular complexity index is 3510. The molecule has 0 saturated heterocycles. The van der Waals surface area contributed by atoms with Gasteiger partial charge in [-0.05, 0) is 35.4 Å². The SMILES string of the molecule is c1ccc(-c2nc(-c3ccccc3)nc(-c3cccc4c3sc3c(-c5ccc6oc7cccc(-c8nc(-c9ccccc9)nc(-c9ccccc9)n8)c7c6c5)cccc34)n2)cc1. The van der Waals surface area contributed by atoms with Crippen molar-refractivity contribution in [2.75, 3.05) is 0 Å². The van der Waals surface area contributed by atoms with Crippen molar-refractivity contribution in [1.82, 2.24) is 29.9 Å². The first-order valence-electron chi connectivity index (χ1n) is 20.4. The molecule has 0 atom stereocenters. The lowest BCUT2D eigenvalue weighted by atomic mass is 9.99. The van der Waals surface area contributed by atoms with E-state index in [9.17, 15) is 0 Å². The normalized spacial score (nSPS) is 11.5. The van der Waals surface area contributed by atoms with E-state index in [0.29, 0.717) is 34.9 Å². The van der Waals surface area contributed by atoms with Crippen molar-refractivity contribution in [3.8, 4) is 79.5 Å². The molecule has 4 heterocycles. The molecule has 8 aromatic carbocycles. The van der Waals surface area contributed by atoms with E-state index >= 15 is 0 Å². The van der Waals surface area contributed by atoms with Gasteiger partial charge in [-0.1, -0.05) is 170 Å². The molecular formula is C54H32N6OS. The summed E-state index contributed by atoms with van der Waals surface area (Å²) in [6.07, 6.45) is 0. The average molecular weight is 813 g/mol. The van der Waals surface area contributed by atoms with E-state index in [2.05, 4.69) is 60.7 Å². The first-order valence-corrected chi connectivity index (χ1v) is 21.2. The lowest BCUT2D eigenvalue weighted by Crippen LogP contribution is -2.00. The highest BCUT2D eigenvalue weighted by atomic mass is 32.1. The first-order chi connectivity index (χ1) is 30.7. The van der Waals surface area contributed by atoms with Gasteiger partial charge < -0.3 is 4.42 Å². The smallest absolute Gasteiger partial charge is 0.165 e. The number of thiophene rings is 1. The quantitative estimate of drug-likeness (QED) is 0.158. The number of aromatic nitrogens is 6. The van der Waals surface area contributed by atoms with Crippen molar-refractivity contribution >= 4 is 53.4 Å². The molecule has 0 N–H and O–H groups in total.